The molecule has 0 bridgehead atoms. The molecule has 0 aromatic heterocycles. The molecule has 0 radical (unpaired) electrons. The Bertz CT molecular complexity index is 429. The number of nitrogens with two attached hydrogens (primary N) is 1. The maximum absolute atomic E-state index is 12.1. The first-order chi connectivity index (χ1) is 8.32. The zero-order valence-corrected chi connectivity index (χ0v) is 11.8. The van der Waals surface area contributed by atoms with Gasteiger partial charge < -0.3 is 11.1 Å². The second-order valence-corrected chi connectivity index (χ2v) is 5.00. The van der Waals surface area contributed by atoms with E-state index in [-0.39, 0.29) is 11.9 Å². The van der Waals surface area contributed by atoms with Gasteiger partial charge >= 0.3 is 0 Å². The van der Waals surface area contributed by atoms with Gasteiger partial charge in [-0.2, -0.15) is 0 Å². The Morgan fingerprint density at radius 3 is 2.50 bits per heavy atom. The van der Waals surface area contributed by atoms with Gasteiger partial charge in [-0.15, -0.1) is 0 Å². The van der Waals surface area contributed by atoms with Crippen molar-refractivity contribution in [2.24, 2.45) is 0 Å². The Hall–Kier alpha value is -1.55. The molecule has 0 aliphatic heterocycles. The van der Waals surface area contributed by atoms with Gasteiger partial charge in [-0.3, -0.25) is 9.69 Å². The summed E-state index contributed by atoms with van der Waals surface area (Å²) in [6.45, 7) is 7.98. The molecule has 18 heavy (non-hydrogen) atoms. The maximum atomic E-state index is 12.1. The van der Waals surface area contributed by atoms with Crippen molar-refractivity contribution in [1.29, 1.82) is 0 Å². The zero-order valence-electron chi connectivity index (χ0n) is 11.8. The molecule has 4 heteroatoms. The summed E-state index contributed by atoms with van der Waals surface area (Å²) in [6, 6.07) is 5.67. The molecule has 1 aromatic carbocycles. The summed E-state index contributed by atoms with van der Waals surface area (Å²) in [6.07, 6.45) is 0. The summed E-state index contributed by atoms with van der Waals surface area (Å²) in [4.78, 5) is 14.2. The SMILES string of the molecule is Cc1ccc(N)cc1NC(=O)C(C)N(C)C(C)C. The fraction of sp³-hybridized carbons (Fsp3) is 0.500. The second kappa shape index (κ2) is 5.87. The van der Waals surface area contributed by atoms with Gasteiger partial charge in [-0.05, 0) is 52.4 Å². The molecular formula is C14H23N3O. The number of rotatable bonds is 4. The summed E-state index contributed by atoms with van der Waals surface area (Å²) in [5, 5.41) is 2.93. The molecule has 4 nitrogen and oxygen atoms in total. The lowest BCUT2D eigenvalue weighted by Gasteiger charge is -2.27. The fourth-order valence-corrected chi connectivity index (χ4v) is 1.64. The number of anilines is 2. The minimum atomic E-state index is -0.175. The average Bonchev–Trinajstić information content (AvgIpc) is 2.31. The quantitative estimate of drug-likeness (QED) is 0.805. The van der Waals surface area contributed by atoms with E-state index in [4.69, 9.17) is 5.73 Å². The number of hydrogen-bond donors (Lipinski definition) is 2. The number of hydrogen-bond acceptors (Lipinski definition) is 3. The van der Waals surface area contributed by atoms with Crippen molar-refractivity contribution in [3.05, 3.63) is 23.8 Å². The number of likely N-dealkylation sites (N-methyl/N-ethyl adjacent to an activating group) is 1. The third-order valence-electron chi connectivity index (χ3n) is 3.32. The summed E-state index contributed by atoms with van der Waals surface area (Å²) in [7, 11) is 1.95. The Morgan fingerprint density at radius 1 is 1.33 bits per heavy atom. The van der Waals surface area contributed by atoms with Crippen LogP contribution in [0.2, 0.25) is 0 Å². The van der Waals surface area contributed by atoms with E-state index in [2.05, 4.69) is 19.2 Å². The monoisotopic (exact) mass is 249 g/mol. The number of nitrogens with one attached hydrogen (secondary N) is 1. The molecule has 1 rings (SSSR count). The highest BCUT2D eigenvalue weighted by atomic mass is 16.2. The van der Waals surface area contributed by atoms with Crippen molar-refractivity contribution < 1.29 is 4.79 Å². The minimum Gasteiger partial charge on any atom is -0.399 e. The van der Waals surface area contributed by atoms with Crippen LogP contribution >= 0.6 is 0 Å². The molecule has 1 atom stereocenters. The smallest absolute Gasteiger partial charge is 0.241 e. The largest absolute Gasteiger partial charge is 0.399 e. The van der Waals surface area contributed by atoms with Crippen molar-refractivity contribution in [2.45, 2.75) is 39.8 Å². The molecular weight excluding hydrogens is 226 g/mol. The fourth-order valence-electron chi connectivity index (χ4n) is 1.64. The number of aryl methyl sites for hydroxylation is 1. The van der Waals surface area contributed by atoms with Crippen LogP contribution in [0.15, 0.2) is 18.2 Å². The Morgan fingerprint density at radius 2 is 1.94 bits per heavy atom. The molecule has 0 saturated carbocycles. The van der Waals surface area contributed by atoms with Gasteiger partial charge in [0.25, 0.3) is 0 Å². The molecule has 0 heterocycles. The molecule has 0 saturated heterocycles. The predicted molar refractivity (Wildman–Crippen MR) is 76.6 cm³/mol. The van der Waals surface area contributed by atoms with Crippen LogP contribution in [0.3, 0.4) is 0 Å². The van der Waals surface area contributed by atoms with Crippen molar-refractivity contribution in [1.82, 2.24) is 4.90 Å². The number of amides is 1. The van der Waals surface area contributed by atoms with E-state index < -0.39 is 0 Å². The van der Waals surface area contributed by atoms with Crippen molar-refractivity contribution in [2.75, 3.05) is 18.1 Å². The molecule has 1 unspecified atom stereocenters. The Labute approximate surface area is 109 Å². The van der Waals surface area contributed by atoms with Gasteiger partial charge in [0, 0.05) is 17.4 Å². The van der Waals surface area contributed by atoms with E-state index in [0.717, 1.165) is 11.3 Å². The summed E-state index contributed by atoms with van der Waals surface area (Å²) >= 11 is 0. The van der Waals surface area contributed by atoms with Gasteiger partial charge in [0.1, 0.15) is 0 Å². The molecule has 100 valence electrons. The molecule has 0 spiro atoms. The first-order valence-corrected chi connectivity index (χ1v) is 6.22. The van der Waals surface area contributed by atoms with Crippen LogP contribution in [0.4, 0.5) is 11.4 Å². The number of carbonyl (C=O) groups excluding carboxylic acids is 1. The summed E-state index contributed by atoms with van der Waals surface area (Å²) in [5.41, 5.74) is 8.17. The topological polar surface area (TPSA) is 58.4 Å². The zero-order chi connectivity index (χ0) is 13.9. The first-order valence-electron chi connectivity index (χ1n) is 6.22. The van der Waals surface area contributed by atoms with Crippen LogP contribution in [-0.2, 0) is 4.79 Å². The van der Waals surface area contributed by atoms with Crippen molar-refractivity contribution in [3.63, 3.8) is 0 Å². The van der Waals surface area contributed by atoms with Gasteiger partial charge in [0.15, 0.2) is 0 Å². The number of carbonyl (C=O) groups is 1. The molecule has 3 N–H and O–H groups in total. The normalized spacial score (nSPS) is 12.8. The predicted octanol–water partition coefficient (Wildman–Crippen LogP) is 2.24. The molecule has 1 amide bonds. The Kier molecular flexibility index (Phi) is 4.73. The van der Waals surface area contributed by atoms with Crippen LogP contribution in [0.1, 0.15) is 26.3 Å². The van der Waals surface area contributed by atoms with Crippen LogP contribution in [0.25, 0.3) is 0 Å². The molecule has 0 aliphatic carbocycles. The standard InChI is InChI=1S/C14H23N3O/c1-9(2)17(5)11(4)14(18)16-13-8-12(15)7-6-10(13)3/h6-9,11H,15H2,1-5H3,(H,16,18). The van der Waals surface area contributed by atoms with Gasteiger partial charge in [0.2, 0.25) is 5.91 Å². The van der Waals surface area contributed by atoms with E-state index in [1.54, 1.807) is 6.07 Å². The molecule has 0 aliphatic rings. The second-order valence-electron chi connectivity index (χ2n) is 5.00. The molecule has 1 aromatic rings. The highest BCUT2D eigenvalue weighted by Crippen LogP contribution is 2.18. The number of nitrogen functional groups attached to an aromatic ring is 1. The third kappa shape index (κ3) is 3.47. The van der Waals surface area contributed by atoms with Gasteiger partial charge in [0.05, 0.1) is 6.04 Å². The Balaban J connectivity index is 2.78. The highest BCUT2D eigenvalue weighted by molar-refractivity contribution is 5.95. The van der Waals surface area contributed by atoms with Gasteiger partial charge in [-0.1, -0.05) is 6.07 Å². The lowest BCUT2D eigenvalue weighted by Crippen LogP contribution is -2.43. The average molecular weight is 249 g/mol. The summed E-state index contributed by atoms with van der Waals surface area (Å²) < 4.78 is 0. The van der Waals surface area contributed by atoms with E-state index >= 15 is 0 Å². The van der Waals surface area contributed by atoms with E-state index in [9.17, 15) is 4.79 Å². The lowest BCUT2D eigenvalue weighted by molar-refractivity contribution is -0.120. The van der Waals surface area contributed by atoms with Crippen molar-refractivity contribution in [3.8, 4) is 0 Å². The third-order valence-corrected chi connectivity index (χ3v) is 3.32. The van der Waals surface area contributed by atoms with E-state index in [0.29, 0.717) is 11.7 Å². The minimum absolute atomic E-state index is 0.0140. The van der Waals surface area contributed by atoms with E-state index in [1.165, 1.54) is 0 Å². The lowest BCUT2D eigenvalue weighted by atomic mass is 10.1. The highest BCUT2D eigenvalue weighted by Gasteiger charge is 2.20. The van der Waals surface area contributed by atoms with Crippen molar-refractivity contribution >= 4 is 17.3 Å². The maximum Gasteiger partial charge on any atom is 0.241 e. The van der Waals surface area contributed by atoms with Gasteiger partial charge in [-0.25, -0.2) is 0 Å². The summed E-state index contributed by atoms with van der Waals surface area (Å²) in [5.74, 6) is -0.0140. The number of benzene rings is 1. The van der Waals surface area contributed by atoms with Crippen LogP contribution in [0.5, 0.6) is 0 Å². The first kappa shape index (κ1) is 14.5. The van der Waals surface area contributed by atoms with Crippen LogP contribution < -0.4 is 11.1 Å². The van der Waals surface area contributed by atoms with Crippen LogP contribution in [-0.4, -0.2) is 29.9 Å². The molecule has 0 fully saturated rings. The van der Waals surface area contributed by atoms with Crippen LogP contribution in [0, 0.1) is 6.92 Å². The number of nitrogens with zero attached hydrogens (tertiary/aromatic N) is 1. The van der Waals surface area contributed by atoms with E-state index in [1.807, 2.05) is 37.9 Å².